The number of allylic oxidation sites excluding steroid dienone is 2. The fourth-order valence-electron chi connectivity index (χ4n) is 0.707. The largest absolute Gasteiger partial charge is 0.346 e. The molecule has 0 saturated carbocycles. The third-order valence-corrected chi connectivity index (χ3v) is 1.62. The van der Waals surface area contributed by atoms with Crippen molar-refractivity contribution in [2.24, 2.45) is 3.21 Å². The Morgan fingerprint density at radius 1 is 1.70 bits per heavy atom. The van der Waals surface area contributed by atoms with Gasteiger partial charge in [0, 0.05) is 11.8 Å². The van der Waals surface area contributed by atoms with Crippen molar-refractivity contribution in [1.82, 2.24) is 5.32 Å². The van der Waals surface area contributed by atoms with Gasteiger partial charge in [0.15, 0.2) is 0 Å². The van der Waals surface area contributed by atoms with Crippen LogP contribution in [0.15, 0.2) is 39.8 Å². The zero-order valence-electron chi connectivity index (χ0n) is 5.34. The second kappa shape index (κ2) is 3.55. The van der Waals surface area contributed by atoms with Crippen molar-refractivity contribution in [1.29, 1.82) is 0 Å². The topological polar surface area (TPSA) is 24.4 Å². The Morgan fingerprint density at radius 3 is 3.10 bits per heavy atom. The van der Waals surface area contributed by atoms with Crippen molar-refractivity contribution in [3.63, 3.8) is 0 Å². The van der Waals surface area contributed by atoms with E-state index in [9.17, 15) is 0 Å². The van der Waals surface area contributed by atoms with Crippen LogP contribution in [0, 0.1) is 0 Å². The molecule has 0 bridgehead atoms. The van der Waals surface area contributed by atoms with Gasteiger partial charge in [-0.15, -0.1) is 0 Å². The number of halogens is 1. The SMILES string of the molecule is C=C/C=C1/C=CN/C1=N/I. The van der Waals surface area contributed by atoms with Gasteiger partial charge in [-0.3, -0.25) is 0 Å². The molecule has 0 aromatic heterocycles. The number of nitrogens with zero attached hydrogens (tertiary/aromatic N) is 1. The minimum atomic E-state index is 0.889. The van der Waals surface area contributed by atoms with Gasteiger partial charge in [-0.1, -0.05) is 18.7 Å². The molecule has 0 fully saturated rings. The van der Waals surface area contributed by atoms with E-state index in [1.807, 2.05) is 41.2 Å². The molecule has 1 aliphatic heterocycles. The summed E-state index contributed by atoms with van der Waals surface area (Å²) in [5.41, 5.74) is 1.07. The summed E-state index contributed by atoms with van der Waals surface area (Å²) in [5.74, 6) is 0.889. The Bertz CT molecular complexity index is 226. The lowest BCUT2D eigenvalue weighted by Crippen LogP contribution is -2.11. The van der Waals surface area contributed by atoms with Crippen LogP contribution in [0.5, 0.6) is 0 Å². The molecule has 2 nitrogen and oxygen atoms in total. The van der Waals surface area contributed by atoms with E-state index in [1.165, 1.54) is 0 Å². The lowest BCUT2D eigenvalue weighted by atomic mass is 10.2. The highest BCUT2D eigenvalue weighted by molar-refractivity contribution is 14.1. The van der Waals surface area contributed by atoms with E-state index >= 15 is 0 Å². The summed E-state index contributed by atoms with van der Waals surface area (Å²) in [5, 5.41) is 2.99. The Balaban J connectivity index is 2.86. The molecule has 0 unspecified atom stereocenters. The molecule has 0 atom stereocenters. The van der Waals surface area contributed by atoms with E-state index in [2.05, 4.69) is 15.1 Å². The molecule has 1 heterocycles. The van der Waals surface area contributed by atoms with Gasteiger partial charge in [0.25, 0.3) is 0 Å². The van der Waals surface area contributed by atoms with Crippen LogP contribution in [0.3, 0.4) is 0 Å². The van der Waals surface area contributed by atoms with E-state index < -0.39 is 0 Å². The lowest BCUT2D eigenvalue weighted by Gasteiger charge is -1.93. The van der Waals surface area contributed by atoms with Crippen molar-refractivity contribution in [2.45, 2.75) is 0 Å². The Kier molecular flexibility index (Phi) is 2.68. The molecule has 52 valence electrons. The number of hydrogen-bond acceptors (Lipinski definition) is 1. The normalized spacial score (nSPS) is 23.7. The van der Waals surface area contributed by atoms with Crippen molar-refractivity contribution in [2.75, 3.05) is 0 Å². The van der Waals surface area contributed by atoms with Gasteiger partial charge >= 0.3 is 0 Å². The second-order valence-corrected chi connectivity index (χ2v) is 2.25. The highest BCUT2D eigenvalue weighted by atomic mass is 127. The number of hydrogen-bond donors (Lipinski definition) is 1. The van der Waals surface area contributed by atoms with Crippen LogP contribution in [0.4, 0.5) is 0 Å². The van der Waals surface area contributed by atoms with Gasteiger partial charge in [-0.05, 0) is 6.08 Å². The predicted molar refractivity (Wildman–Crippen MR) is 52.0 cm³/mol. The molecule has 0 amide bonds. The summed E-state index contributed by atoms with van der Waals surface area (Å²) >= 11 is 1.95. The molecule has 0 aromatic carbocycles. The van der Waals surface area contributed by atoms with E-state index in [0.29, 0.717) is 0 Å². The Labute approximate surface area is 73.9 Å². The van der Waals surface area contributed by atoms with Crippen LogP contribution in [-0.2, 0) is 0 Å². The van der Waals surface area contributed by atoms with Crippen LogP contribution in [0.25, 0.3) is 0 Å². The van der Waals surface area contributed by atoms with Crippen molar-refractivity contribution >= 4 is 28.7 Å². The first kappa shape index (κ1) is 7.53. The molecule has 10 heavy (non-hydrogen) atoms. The third kappa shape index (κ3) is 1.47. The smallest absolute Gasteiger partial charge is 0.143 e. The van der Waals surface area contributed by atoms with E-state index in [4.69, 9.17) is 0 Å². The van der Waals surface area contributed by atoms with Crippen molar-refractivity contribution in [3.8, 4) is 0 Å². The molecule has 0 radical (unpaired) electrons. The third-order valence-electron chi connectivity index (χ3n) is 1.14. The average molecular weight is 246 g/mol. The fourth-order valence-corrected chi connectivity index (χ4v) is 1.13. The van der Waals surface area contributed by atoms with Gasteiger partial charge in [0.05, 0.1) is 22.9 Å². The Morgan fingerprint density at radius 2 is 2.50 bits per heavy atom. The van der Waals surface area contributed by atoms with E-state index in [-0.39, 0.29) is 0 Å². The number of nitrogens with one attached hydrogen (secondary N) is 1. The van der Waals surface area contributed by atoms with E-state index in [1.54, 1.807) is 6.08 Å². The molecular formula is C7H7IN2. The maximum Gasteiger partial charge on any atom is 0.143 e. The maximum atomic E-state index is 3.98. The zero-order valence-corrected chi connectivity index (χ0v) is 7.50. The van der Waals surface area contributed by atoms with Crippen molar-refractivity contribution in [3.05, 3.63) is 36.6 Å². The summed E-state index contributed by atoms with van der Waals surface area (Å²) in [7, 11) is 0. The Hall–Kier alpha value is -0.580. The quantitative estimate of drug-likeness (QED) is 0.702. The van der Waals surface area contributed by atoms with Crippen LogP contribution < -0.4 is 5.32 Å². The van der Waals surface area contributed by atoms with E-state index in [0.717, 1.165) is 11.4 Å². The highest BCUT2D eigenvalue weighted by Crippen LogP contribution is 2.06. The summed E-state index contributed by atoms with van der Waals surface area (Å²) in [6, 6.07) is 0. The summed E-state index contributed by atoms with van der Waals surface area (Å²) in [6.45, 7) is 3.60. The van der Waals surface area contributed by atoms with Gasteiger partial charge in [-0.25, -0.2) is 0 Å². The molecular weight excluding hydrogens is 239 g/mol. The lowest BCUT2D eigenvalue weighted by molar-refractivity contribution is 1.33. The predicted octanol–water partition coefficient (Wildman–Crippen LogP) is 1.96. The highest BCUT2D eigenvalue weighted by Gasteiger charge is 2.05. The molecule has 0 saturated heterocycles. The van der Waals surface area contributed by atoms with Gasteiger partial charge in [0.2, 0.25) is 0 Å². The van der Waals surface area contributed by atoms with Crippen molar-refractivity contribution < 1.29 is 0 Å². The first-order chi connectivity index (χ1) is 4.88. The van der Waals surface area contributed by atoms with Gasteiger partial charge < -0.3 is 5.32 Å². The minimum absolute atomic E-state index is 0.889. The van der Waals surface area contributed by atoms with Crippen LogP contribution in [-0.4, -0.2) is 5.84 Å². The van der Waals surface area contributed by atoms with Gasteiger partial charge in [0.1, 0.15) is 5.84 Å². The molecule has 1 aliphatic rings. The minimum Gasteiger partial charge on any atom is -0.346 e. The maximum absolute atomic E-state index is 3.98. The molecule has 1 N–H and O–H groups in total. The first-order valence-electron chi connectivity index (χ1n) is 2.83. The van der Waals surface area contributed by atoms with Crippen LogP contribution in [0.1, 0.15) is 0 Å². The van der Waals surface area contributed by atoms with Crippen LogP contribution in [0.2, 0.25) is 0 Å². The average Bonchev–Trinajstić information content (AvgIpc) is 2.36. The number of amidine groups is 1. The van der Waals surface area contributed by atoms with Gasteiger partial charge in [-0.2, -0.15) is 3.21 Å². The molecule has 0 spiro atoms. The standard InChI is InChI=1S/C7H7IN2/c1-2-3-6-4-5-9-7(6)10-8/h2-5H,1H2,(H,9,10)/b6-3-. The summed E-state index contributed by atoms with van der Waals surface area (Å²) in [4.78, 5) is 0. The summed E-state index contributed by atoms with van der Waals surface area (Å²) < 4.78 is 3.98. The van der Waals surface area contributed by atoms with Crippen LogP contribution >= 0.6 is 22.9 Å². The molecule has 0 aliphatic carbocycles. The molecule has 3 heteroatoms. The second-order valence-electron chi connectivity index (χ2n) is 1.77. The summed E-state index contributed by atoms with van der Waals surface area (Å²) in [6.07, 6.45) is 7.47. The molecule has 0 aromatic rings. The molecule has 1 rings (SSSR count). The fraction of sp³-hybridized carbons (Fsp3) is 0. The first-order valence-corrected chi connectivity index (χ1v) is 3.80. The number of rotatable bonds is 1. The monoisotopic (exact) mass is 246 g/mol. The zero-order chi connectivity index (χ0) is 7.40.